The zero-order chi connectivity index (χ0) is 20.2. The van der Waals surface area contributed by atoms with E-state index >= 15 is 0 Å². The van der Waals surface area contributed by atoms with E-state index in [2.05, 4.69) is 52.7 Å². The van der Waals surface area contributed by atoms with Crippen molar-refractivity contribution in [2.24, 2.45) is 0 Å². The number of ether oxygens (including phenoxy) is 3. The number of hydrogen-bond acceptors (Lipinski definition) is 5. The van der Waals surface area contributed by atoms with Crippen LogP contribution in [0, 0.1) is 0 Å². The summed E-state index contributed by atoms with van der Waals surface area (Å²) in [7, 11) is 0. The quantitative estimate of drug-likeness (QED) is 0.675. The van der Waals surface area contributed by atoms with Crippen molar-refractivity contribution < 1.29 is 14.2 Å². The molecule has 5 nitrogen and oxygen atoms in total. The largest absolute Gasteiger partial charge is 0.489 e. The molecule has 2 aliphatic heterocycles. The van der Waals surface area contributed by atoms with Crippen LogP contribution in [0.3, 0.4) is 0 Å². The molecular weight excluding hydrogens is 376 g/mol. The fourth-order valence-electron chi connectivity index (χ4n) is 4.18. The Morgan fingerprint density at radius 3 is 2.50 bits per heavy atom. The Bertz CT molecular complexity index is 987. The van der Waals surface area contributed by atoms with Crippen molar-refractivity contribution in [3.05, 3.63) is 89.5 Å². The van der Waals surface area contributed by atoms with E-state index in [0.717, 1.165) is 49.0 Å². The fourth-order valence-corrected chi connectivity index (χ4v) is 4.18. The van der Waals surface area contributed by atoms with Gasteiger partial charge in [0.2, 0.25) is 6.79 Å². The smallest absolute Gasteiger partial charge is 0.231 e. The Hall–Kier alpha value is -3.02. The molecule has 0 amide bonds. The molecule has 1 saturated heterocycles. The molecule has 1 unspecified atom stereocenters. The van der Waals surface area contributed by atoms with E-state index in [4.69, 9.17) is 14.2 Å². The van der Waals surface area contributed by atoms with E-state index < -0.39 is 0 Å². The molecule has 30 heavy (non-hydrogen) atoms. The third-order valence-electron chi connectivity index (χ3n) is 5.68. The van der Waals surface area contributed by atoms with Gasteiger partial charge in [0.15, 0.2) is 11.5 Å². The van der Waals surface area contributed by atoms with Crippen LogP contribution in [0.2, 0.25) is 0 Å². The van der Waals surface area contributed by atoms with Crippen LogP contribution >= 0.6 is 0 Å². The number of nitrogens with zero attached hydrogens (tertiary/aromatic N) is 1. The molecule has 2 aliphatic rings. The number of nitrogens with one attached hydrogen (secondary N) is 1. The van der Waals surface area contributed by atoms with Gasteiger partial charge in [0.1, 0.15) is 12.4 Å². The Labute approximate surface area is 177 Å². The number of rotatable bonds is 6. The summed E-state index contributed by atoms with van der Waals surface area (Å²) in [6, 6.07) is 25.0. The lowest BCUT2D eigenvalue weighted by Gasteiger charge is -2.36. The van der Waals surface area contributed by atoms with E-state index in [1.54, 1.807) is 0 Å². The summed E-state index contributed by atoms with van der Waals surface area (Å²) in [5.74, 6) is 2.55. The second-order valence-corrected chi connectivity index (χ2v) is 7.61. The minimum absolute atomic E-state index is 0.0913. The van der Waals surface area contributed by atoms with Crippen LogP contribution < -0.4 is 19.5 Å². The van der Waals surface area contributed by atoms with Crippen molar-refractivity contribution in [1.82, 2.24) is 10.2 Å². The van der Waals surface area contributed by atoms with Crippen molar-refractivity contribution in [3.63, 3.8) is 0 Å². The molecule has 0 radical (unpaired) electrons. The number of para-hydroxylation sites is 1. The first-order valence-corrected chi connectivity index (χ1v) is 10.5. The molecule has 1 fully saturated rings. The number of piperazine rings is 1. The summed E-state index contributed by atoms with van der Waals surface area (Å²) in [6.07, 6.45) is 0. The highest BCUT2D eigenvalue weighted by Crippen LogP contribution is 2.40. The Kier molecular flexibility index (Phi) is 5.55. The first kappa shape index (κ1) is 19.0. The van der Waals surface area contributed by atoms with Gasteiger partial charge in [-0.3, -0.25) is 4.90 Å². The summed E-state index contributed by atoms with van der Waals surface area (Å²) in [5.41, 5.74) is 3.53. The molecule has 2 heterocycles. The third kappa shape index (κ3) is 3.99. The summed E-state index contributed by atoms with van der Waals surface area (Å²) >= 11 is 0. The SMILES string of the molecule is c1ccc(COc2ccccc2C(c2ccc3c(c2)OCO3)N2CCNCC2)cc1. The van der Waals surface area contributed by atoms with Crippen molar-refractivity contribution in [3.8, 4) is 17.2 Å². The van der Waals surface area contributed by atoms with Gasteiger partial charge < -0.3 is 19.5 Å². The summed E-state index contributed by atoms with van der Waals surface area (Å²) < 4.78 is 17.5. The average Bonchev–Trinajstić information content (AvgIpc) is 3.28. The van der Waals surface area contributed by atoms with E-state index in [0.29, 0.717) is 6.61 Å². The van der Waals surface area contributed by atoms with Gasteiger partial charge in [-0.15, -0.1) is 0 Å². The maximum Gasteiger partial charge on any atom is 0.231 e. The maximum atomic E-state index is 6.31. The van der Waals surface area contributed by atoms with Crippen LogP contribution in [-0.2, 0) is 6.61 Å². The molecule has 154 valence electrons. The van der Waals surface area contributed by atoms with Crippen LogP contribution in [0.4, 0.5) is 0 Å². The Balaban J connectivity index is 1.50. The molecule has 3 aromatic carbocycles. The minimum Gasteiger partial charge on any atom is -0.489 e. The molecular formula is C25H26N2O3. The van der Waals surface area contributed by atoms with E-state index in [-0.39, 0.29) is 12.8 Å². The van der Waals surface area contributed by atoms with Gasteiger partial charge in [-0.05, 0) is 29.3 Å². The van der Waals surface area contributed by atoms with Gasteiger partial charge >= 0.3 is 0 Å². The predicted octanol–water partition coefficient (Wildman–Crippen LogP) is 3.99. The lowest BCUT2D eigenvalue weighted by Crippen LogP contribution is -2.45. The highest BCUT2D eigenvalue weighted by molar-refractivity contribution is 5.49. The zero-order valence-electron chi connectivity index (χ0n) is 16.9. The van der Waals surface area contributed by atoms with Gasteiger partial charge in [0, 0.05) is 31.7 Å². The van der Waals surface area contributed by atoms with Crippen molar-refractivity contribution in [1.29, 1.82) is 0 Å². The molecule has 5 heteroatoms. The number of benzene rings is 3. The lowest BCUT2D eigenvalue weighted by molar-refractivity contribution is 0.173. The second kappa shape index (κ2) is 8.78. The molecule has 0 aliphatic carbocycles. The van der Waals surface area contributed by atoms with Crippen molar-refractivity contribution in [2.75, 3.05) is 33.0 Å². The first-order chi connectivity index (χ1) is 14.9. The number of hydrogen-bond donors (Lipinski definition) is 1. The topological polar surface area (TPSA) is 43.0 Å². The molecule has 0 bridgehead atoms. The first-order valence-electron chi connectivity index (χ1n) is 10.5. The second-order valence-electron chi connectivity index (χ2n) is 7.61. The van der Waals surface area contributed by atoms with Crippen molar-refractivity contribution in [2.45, 2.75) is 12.6 Å². The van der Waals surface area contributed by atoms with Gasteiger partial charge in [0.05, 0.1) is 6.04 Å². The highest BCUT2D eigenvalue weighted by atomic mass is 16.7. The molecule has 3 aromatic rings. The Morgan fingerprint density at radius 2 is 1.63 bits per heavy atom. The third-order valence-corrected chi connectivity index (χ3v) is 5.68. The van der Waals surface area contributed by atoms with E-state index in [9.17, 15) is 0 Å². The van der Waals surface area contributed by atoms with Gasteiger partial charge in [-0.25, -0.2) is 0 Å². The highest BCUT2D eigenvalue weighted by Gasteiger charge is 2.28. The molecule has 5 rings (SSSR count). The van der Waals surface area contributed by atoms with Crippen LogP contribution in [0.5, 0.6) is 17.2 Å². The normalized spacial score (nSPS) is 16.9. The Morgan fingerprint density at radius 1 is 0.867 bits per heavy atom. The average molecular weight is 402 g/mol. The van der Waals surface area contributed by atoms with Gasteiger partial charge in [-0.2, -0.15) is 0 Å². The summed E-state index contributed by atoms with van der Waals surface area (Å²) in [4.78, 5) is 2.51. The van der Waals surface area contributed by atoms with Crippen LogP contribution in [0.25, 0.3) is 0 Å². The van der Waals surface area contributed by atoms with E-state index in [1.807, 2.05) is 30.3 Å². The van der Waals surface area contributed by atoms with Crippen molar-refractivity contribution >= 4 is 0 Å². The molecule has 0 spiro atoms. The molecule has 0 saturated carbocycles. The molecule has 0 aromatic heterocycles. The molecule has 1 N–H and O–H groups in total. The summed E-state index contributed by atoms with van der Waals surface area (Å²) in [6.45, 7) is 4.75. The maximum absolute atomic E-state index is 6.31. The fraction of sp³-hybridized carbons (Fsp3) is 0.280. The van der Waals surface area contributed by atoms with Gasteiger partial charge in [-0.1, -0.05) is 54.6 Å². The number of fused-ring (bicyclic) bond motifs is 1. The van der Waals surface area contributed by atoms with Gasteiger partial charge in [0.25, 0.3) is 0 Å². The monoisotopic (exact) mass is 402 g/mol. The molecule has 1 atom stereocenters. The minimum atomic E-state index is 0.0913. The summed E-state index contributed by atoms with van der Waals surface area (Å²) in [5, 5.41) is 3.46. The standard InChI is InChI=1S/C25H26N2O3/c1-2-6-19(7-3-1)17-28-22-9-5-4-8-21(22)25(27-14-12-26-13-15-27)20-10-11-23-24(16-20)30-18-29-23/h1-11,16,25-26H,12-15,17-18H2. The van der Waals surface area contributed by atoms with Crippen LogP contribution in [0.1, 0.15) is 22.7 Å². The predicted molar refractivity (Wildman–Crippen MR) is 116 cm³/mol. The van der Waals surface area contributed by atoms with Crippen LogP contribution in [-0.4, -0.2) is 37.9 Å². The zero-order valence-corrected chi connectivity index (χ0v) is 16.9. The van der Waals surface area contributed by atoms with E-state index in [1.165, 1.54) is 11.1 Å². The van der Waals surface area contributed by atoms with Crippen LogP contribution in [0.15, 0.2) is 72.8 Å². The lowest BCUT2D eigenvalue weighted by atomic mass is 9.95.